The van der Waals surface area contributed by atoms with Gasteiger partial charge in [0.05, 0.1) is 11.2 Å². The van der Waals surface area contributed by atoms with Gasteiger partial charge in [0.25, 0.3) is 0 Å². The lowest BCUT2D eigenvalue weighted by Crippen LogP contribution is -2.12. The molecule has 0 aliphatic heterocycles. The Labute approximate surface area is 113 Å². The van der Waals surface area contributed by atoms with Crippen LogP contribution in [0.15, 0.2) is 54.6 Å². The van der Waals surface area contributed by atoms with Crippen molar-refractivity contribution < 1.29 is 8.39 Å². The van der Waals surface area contributed by atoms with E-state index in [1.807, 2.05) is 49.4 Å². The Kier molecular flexibility index (Phi) is 3.05. The Morgan fingerprint density at radius 2 is 1.74 bits per heavy atom. The number of benzene rings is 2. The Balaban J connectivity index is 1.98. The number of para-hydroxylation sites is 2. The van der Waals surface area contributed by atoms with E-state index in [9.17, 15) is 4.21 Å². The molecule has 5 heteroatoms. The van der Waals surface area contributed by atoms with Crippen LogP contribution in [-0.4, -0.2) is 13.4 Å². The number of hydrogen-bond acceptors (Lipinski definition) is 3. The normalized spacial score (nSPS) is 12.5. The van der Waals surface area contributed by atoms with Crippen LogP contribution in [0.5, 0.6) is 5.75 Å². The van der Waals surface area contributed by atoms with Gasteiger partial charge in [0, 0.05) is 5.39 Å². The first-order chi connectivity index (χ1) is 9.25. The summed E-state index contributed by atoms with van der Waals surface area (Å²) in [7, 11) is 0. The monoisotopic (exact) mass is 272 g/mol. The number of fused-ring (bicyclic) bond motifs is 1. The molecule has 1 unspecified atom stereocenters. The lowest BCUT2D eigenvalue weighted by atomic mass is 10.2. The number of rotatable bonds is 3. The molecule has 0 spiro atoms. The van der Waals surface area contributed by atoms with Crippen LogP contribution in [0.1, 0.15) is 5.69 Å². The van der Waals surface area contributed by atoms with E-state index >= 15 is 0 Å². The molecular formula is C14H12N2O2S. The summed E-state index contributed by atoms with van der Waals surface area (Å²) >= 11 is -1.68. The molecule has 4 nitrogen and oxygen atoms in total. The van der Waals surface area contributed by atoms with Gasteiger partial charge in [0.1, 0.15) is 5.75 Å². The molecule has 2 aromatic carbocycles. The van der Waals surface area contributed by atoms with Gasteiger partial charge in [-0.15, -0.1) is 4.09 Å². The molecule has 3 aromatic rings. The van der Waals surface area contributed by atoms with Gasteiger partial charge in [-0.25, -0.2) is 0 Å². The van der Waals surface area contributed by atoms with Crippen LogP contribution in [-0.2, 0) is 11.3 Å². The van der Waals surface area contributed by atoms with Crippen molar-refractivity contribution in [3.05, 3.63) is 60.3 Å². The van der Waals surface area contributed by atoms with Gasteiger partial charge in [-0.3, -0.25) is 0 Å². The Hall–Kier alpha value is -2.14. The van der Waals surface area contributed by atoms with Crippen LogP contribution >= 0.6 is 0 Å². The lowest BCUT2D eigenvalue weighted by Gasteiger charge is -2.04. The largest absolute Gasteiger partial charge is 0.384 e. The highest BCUT2D eigenvalue weighted by Gasteiger charge is 2.13. The van der Waals surface area contributed by atoms with E-state index in [1.54, 1.807) is 12.1 Å². The number of nitrogens with zero attached hydrogens (tertiary/aromatic N) is 2. The predicted molar refractivity (Wildman–Crippen MR) is 75.1 cm³/mol. The maximum absolute atomic E-state index is 12.2. The van der Waals surface area contributed by atoms with Gasteiger partial charge in [-0.2, -0.15) is 9.31 Å². The summed E-state index contributed by atoms with van der Waals surface area (Å²) < 4.78 is 19.0. The third-order valence-corrected chi connectivity index (χ3v) is 3.69. The van der Waals surface area contributed by atoms with E-state index in [-0.39, 0.29) is 0 Å². The molecule has 0 amide bonds. The molecule has 0 N–H and O–H groups in total. The first-order valence-electron chi connectivity index (χ1n) is 5.86. The zero-order valence-corrected chi connectivity index (χ0v) is 11.1. The smallest absolute Gasteiger partial charge is 0.340 e. The fourth-order valence-electron chi connectivity index (χ4n) is 1.90. The minimum atomic E-state index is -1.68. The van der Waals surface area contributed by atoms with Crippen LogP contribution in [0.25, 0.3) is 10.9 Å². The molecule has 0 radical (unpaired) electrons. The van der Waals surface area contributed by atoms with Crippen LogP contribution in [0.2, 0.25) is 0 Å². The minimum Gasteiger partial charge on any atom is -0.384 e. The Morgan fingerprint density at radius 1 is 1.05 bits per heavy atom. The molecule has 0 aliphatic rings. The van der Waals surface area contributed by atoms with Crippen molar-refractivity contribution in [1.29, 1.82) is 0 Å². The topological polar surface area (TPSA) is 44.1 Å². The van der Waals surface area contributed by atoms with Crippen molar-refractivity contribution in [3.63, 3.8) is 0 Å². The van der Waals surface area contributed by atoms with Crippen LogP contribution in [0.4, 0.5) is 0 Å². The van der Waals surface area contributed by atoms with Crippen molar-refractivity contribution in [2.45, 2.75) is 6.92 Å². The number of aromatic nitrogens is 2. The van der Waals surface area contributed by atoms with Crippen molar-refractivity contribution in [2.24, 2.45) is 0 Å². The number of hydrogen-bond donors (Lipinski definition) is 0. The quantitative estimate of drug-likeness (QED) is 0.736. The summed E-state index contributed by atoms with van der Waals surface area (Å²) in [5.41, 5.74) is 1.63. The third-order valence-electron chi connectivity index (χ3n) is 2.79. The van der Waals surface area contributed by atoms with Gasteiger partial charge in [-0.1, -0.05) is 36.4 Å². The molecule has 96 valence electrons. The standard InChI is InChI=1S/C14H12N2O2S/c1-11-13-9-5-6-10-14(13)16(15-11)19(17)18-12-7-3-2-4-8-12/h2-10H,1H3. The molecule has 1 atom stereocenters. The van der Waals surface area contributed by atoms with E-state index in [4.69, 9.17) is 4.18 Å². The second kappa shape index (κ2) is 4.85. The fraction of sp³-hybridized carbons (Fsp3) is 0.0714. The summed E-state index contributed by atoms with van der Waals surface area (Å²) in [6, 6.07) is 16.7. The third kappa shape index (κ3) is 2.24. The first kappa shape index (κ1) is 11.9. The van der Waals surface area contributed by atoms with Crippen molar-refractivity contribution >= 4 is 22.2 Å². The molecule has 0 bridgehead atoms. The molecular weight excluding hydrogens is 260 g/mol. The highest BCUT2D eigenvalue weighted by Crippen LogP contribution is 2.19. The van der Waals surface area contributed by atoms with Gasteiger partial charge < -0.3 is 4.18 Å². The maximum atomic E-state index is 12.2. The van der Waals surface area contributed by atoms with Crippen LogP contribution in [0.3, 0.4) is 0 Å². The zero-order chi connectivity index (χ0) is 13.2. The minimum absolute atomic E-state index is 0.554. The van der Waals surface area contributed by atoms with Gasteiger partial charge in [0.2, 0.25) is 0 Å². The van der Waals surface area contributed by atoms with E-state index < -0.39 is 11.3 Å². The van der Waals surface area contributed by atoms with E-state index in [0.717, 1.165) is 16.6 Å². The van der Waals surface area contributed by atoms with E-state index in [1.165, 1.54) is 4.09 Å². The molecule has 0 aliphatic carbocycles. The summed E-state index contributed by atoms with van der Waals surface area (Å²) in [6.45, 7) is 1.89. The van der Waals surface area contributed by atoms with Gasteiger partial charge >= 0.3 is 11.3 Å². The Morgan fingerprint density at radius 3 is 2.53 bits per heavy atom. The van der Waals surface area contributed by atoms with Crippen LogP contribution < -0.4 is 4.18 Å². The molecule has 3 rings (SSSR count). The fourth-order valence-corrected chi connectivity index (χ4v) is 2.75. The van der Waals surface area contributed by atoms with Gasteiger partial charge in [0.15, 0.2) is 0 Å². The highest BCUT2D eigenvalue weighted by atomic mass is 32.2. The summed E-state index contributed by atoms with van der Waals surface area (Å²) in [5.74, 6) is 0.554. The van der Waals surface area contributed by atoms with Crippen molar-refractivity contribution in [2.75, 3.05) is 0 Å². The molecule has 19 heavy (non-hydrogen) atoms. The Bertz CT molecular complexity index is 738. The van der Waals surface area contributed by atoms with Gasteiger partial charge in [-0.05, 0) is 25.1 Å². The first-order valence-corrected chi connectivity index (χ1v) is 6.89. The average molecular weight is 272 g/mol. The lowest BCUT2D eigenvalue weighted by molar-refractivity contribution is 0.548. The average Bonchev–Trinajstić information content (AvgIpc) is 2.78. The molecule has 1 aromatic heterocycles. The molecule has 0 fully saturated rings. The van der Waals surface area contributed by atoms with Crippen molar-refractivity contribution in [3.8, 4) is 5.75 Å². The zero-order valence-electron chi connectivity index (χ0n) is 10.3. The predicted octanol–water partition coefficient (Wildman–Crippen LogP) is 2.85. The summed E-state index contributed by atoms with van der Waals surface area (Å²) in [6.07, 6.45) is 0. The highest BCUT2D eigenvalue weighted by molar-refractivity contribution is 7.79. The van der Waals surface area contributed by atoms with Crippen LogP contribution in [0, 0.1) is 6.92 Å². The summed E-state index contributed by atoms with van der Waals surface area (Å²) in [5, 5.41) is 5.26. The maximum Gasteiger partial charge on any atom is 0.340 e. The second-order valence-electron chi connectivity index (χ2n) is 4.09. The SMILES string of the molecule is Cc1nn(S(=O)Oc2ccccc2)c2ccccc12. The van der Waals surface area contributed by atoms with E-state index in [2.05, 4.69) is 5.10 Å². The molecule has 0 saturated heterocycles. The van der Waals surface area contributed by atoms with Crippen molar-refractivity contribution in [1.82, 2.24) is 9.19 Å². The molecule has 1 heterocycles. The van der Waals surface area contributed by atoms with E-state index in [0.29, 0.717) is 5.75 Å². The number of aryl methyl sites for hydroxylation is 1. The molecule has 0 saturated carbocycles. The second-order valence-corrected chi connectivity index (χ2v) is 5.04. The summed E-state index contributed by atoms with van der Waals surface area (Å²) in [4.78, 5) is 0.